The molecule has 9 heteroatoms. The molecule has 0 bridgehead atoms. The van der Waals surface area contributed by atoms with Crippen LogP contribution in [0.3, 0.4) is 0 Å². The number of hydrogen-bond donors (Lipinski definition) is 0. The van der Waals surface area contributed by atoms with E-state index in [0.29, 0.717) is 6.42 Å². The van der Waals surface area contributed by atoms with Crippen LogP contribution in [-0.4, -0.2) is 45.2 Å². The van der Waals surface area contributed by atoms with Crippen LogP contribution in [-0.2, 0) is 23.5 Å². The Bertz CT molecular complexity index is 378. The van der Waals surface area contributed by atoms with Gasteiger partial charge in [0.2, 0.25) is 0 Å². The topological polar surface area (TPSA) is 61.8 Å². The van der Waals surface area contributed by atoms with Crippen LogP contribution in [0.4, 0.5) is 13.2 Å². The third-order valence-corrected chi connectivity index (χ3v) is 3.06. The minimum Gasteiger partial charge on any atom is -0.463 e. The number of halogens is 3. The first-order valence-corrected chi connectivity index (χ1v) is 9.94. The van der Waals surface area contributed by atoms with Gasteiger partial charge in [0.15, 0.2) is 8.32 Å². The predicted molar refractivity (Wildman–Crippen MR) is 71.1 cm³/mol. The Morgan fingerprint density at radius 1 is 1.00 bits per heavy atom. The van der Waals surface area contributed by atoms with Crippen LogP contribution in [0, 0.1) is 0 Å². The standard InChI is InChI=1S/C12H21F3O5Si/c1-6-8-19-10(17)11(12(13,14)15,9(16)18-7-2)20-21(3,4)5/h6-8H2,1-5H3. The van der Waals surface area contributed by atoms with Gasteiger partial charge in [-0.2, -0.15) is 13.2 Å². The van der Waals surface area contributed by atoms with Crippen molar-refractivity contribution in [3.8, 4) is 0 Å². The average molecular weight is 330 g/mol. The first kappa shape index (κ1) is 19.9. The molecule has 0 rings (SSSR count). The fourth-order valence-electron chi connectivity index (χ4n) is 1.44. The summed E-state index contributed by atoms with van der Waals surface area (Å²) in [5.74, 6) is -3.57. The molecule has 0 saturated heterocycles. The van der Waals surface area contributed by atoms with Gasteiger partial charge >= 0.3 is 23.7 Å². The van der Waals surface area contributed by atoms with Crippen molar-refractivity contribution in [2.75, 3.05) is 13.2 Å². The molecule has 0 aliphatic rings. The summed E-state index contributed by atoms with van der Waals surface area (Å²) < 4.78 is 54.2. The minimum absolute atomic E-state index is 0.245. The Morgan fingerprint density at radius 3 is 1.81 bits per heavy atom. The number of carbonyl (C=O) groups excluding carboxylic acids is 2. The minimum atomic E-state index is -5.27. The van der Waals surface area contributed by atoms with Gasteiger partial charge in [-0.25, -0.2) is 9.59 Å². The predicted octanol–water partition coefficient (Wildman–Crippen LogP) is 2.66. The highest BCUT2D eigenvalue weighted by Gasteiger charge is 2.71. The summed E-state index contributed by atoms with van der Waals surface area (Å²) in [6.45, 7) is 6.69. The van der Waals surface area contributed by atoms with Crippen molar-refractivity contribution in [2.45, 2.75) is 51.7 Å². The summed E-state index contributed by atoms with van der Waals surface area (Å²) in [6.07, 6.45) is -4.96. The molecule has 5 nitrogen and oxygen atoms in total. The van der Waals surface area contributed by atoms with Gasteiger partial charge in [-0.1, -0.05) is 6.92 Å². The van der Waals surface area contributed by atoms with Gasteiger partial charge in [0.05, 0.1) is 13.2 Å². The first-order valence-electron chi connectivity index (χ1n) is 6.53. The van der Waals surface area contributed by atoms with Crippen molar-refractivity contribution in [2.24, 2.45) is 0 Å². The van der Waals surface area contributed by atoms with Crippen LogP contribution >= 0.6 is 0 Å². The molecule has 0 aromatic carbocycles. The van der Waals surface area contributed by atoms with Crippen LogP contribution in [0.5, 0.6) is 0 Å². The van der Waals surface area contributed by atoms with Crippen LogP contribution in [0.2, 0.25) is 19.6 Å². The Balaban J connectivity index is 5.86. The van der Waals surface area contributed by atoms with E-state index in [1.165, 1.54) is 26.6 Å². The van der Waals surface area contributed by atoms with E-state index in [4.69, 9.17) is 4.43 Å². The highest BCUT2D eigenvalue weighted by Crippen LogP contribution is 2.38. The van der Waals surface area contributed by atoms with E-state index in [1.54, 1.807) is 6.92 Å². The van der Waals surface area contributed by atoms with Gasteiger partial charge in [0, 0.05) is 0 Å². The van der Waals surface area contributed by atoms with E-state index < -0.39 is 32.0 Å². The molecule has 0 heterocycles. The Kier molecular flexibility index (Phi) is 6.88. The van der Waals surface area contributed by atoms with E-state index in [1.807, 2.05) is 0 Å². The normalized spacial score (nSPS) is 15.2. The lowest BCUT2D eigenvalue weighted by atomic mass is 10.0. The number of ether oxygens (including phenoxy) is 2. The SMILES string of the molecule is CCCOC(=O)C(O[Si](C)(C)C)(C(=O)OCC)C(F)(F)F. The summed E-state index contributed by atoms with van der Waals surface area (Å²) >= 11 is 0. The Morgan fingerprint density at radius 2 is 1.48 bits per heavy atom. The molecule has 0 amide bonds. The molecule has 0 aromatic heterocycles. The molecular weight excluding hydrogens is 309 g/mol. The maximum atomic E-state index is 13.5. The van der Waals surface area contributed by atoms with E-state index in [-0.39, 0.29) is 13.2 Å². The zero-order chi connectivity index (χ0) is 16.9. The summed E-state index contributed by atoms with van der Waals surface area (Å²) in [7, 11) is -2.92. The van der Waals surface area contributed by atoms with E-state index in [0.717, 1.165) is 0 Å². The summed E-state index contributed by atoms with van der Waals surface area (Å²) in [4.78, 5) is 23.8. The third-order valence-electron chi connectivity index (χ3n) is 2.15. The molecule has 0 spiro atoms. The zero-order valence-electron chi connectivity index (χ0n) is 12.8. The third kappa shape index (κ3) is 4.99. The molecule has 0 radical (unpaired) electrons. The number of hydrogen-bond acceptors (Lipinski definition) is 5. The smallest absolute Gasteiger partial charge is 0.438 e. The lowest BCUT2D eigenvalue weighted by molar-refractivity contribution is -0.258. The Hall–Kier alpha value is -1.09. The Labute approximate surface area is 122 Å². The number of rotatable bonds is 7. The van der Waals surface area contributed by atoms with Gasteiger partial charge in [0.1, 0.15) is 0 Å². The van der Waals surface area contributed by atoms with Crippen LogP contribution < -0.4 is 0 Å². The lowest BCUT2D eigenvalue weighted by Gasteiger charge is -2.35. The largest absolute Gasteiger partial charge is 0.463 e. The maximum Gasteiger partial charge on any atom is 0.438 e. The van der Waals surface area contributed by atoms with Crippen molar-refractivity contribution in [1.82, 2.24) is 0 Å². The van der Waals surface area contributed by atoms with E-state index >= 15 is 0 Å². The van der Waals surface area contributed by atoms with Gasteiger partial charge in [-0.15, -0.1) is 0 Å². The summed E-state index contributed by atoms with van der Waals surface area (Å²) in [6, 6.07) is 0. The highest BCUT2D eigenvalue weighted by atomic mass is 28.4. The van der Waals surface area contributed by atoms with Gasteiger partial charge in [-0.05, 0) is 33.0 Å². The molecule has 0 saturated carbocycles. The monoisotopic (exact) mass is 330 g/mol. The first-order chi connectivity index (χ1) is 9.42. The molecule has 0 aliphatic carbocycles. The summed E-state index contributed by atoms with van der Waals surface area (Å²) in [5.41, 5.74) is -3.72. The van der Waals surface area contributed by atoms with Crippen molar-refractivity contribution in [1.29, 1.82) is 0 Å². The van der Waals surface area contributed by atoms with Crippen molar-refractivity contribution in [3.63, 3.8) is 0 Å². The van der Waals surface area contributed by atoms with Gasteiger partial charge < -0.3 is 13.9 Å². The maximum absolute atomic E-state index is 13.5. The second-order valence-corrected chi connectivity index (χ2v) is 9.68. The molecule has 0 aliphatic heterocycles. The average Bonchev–Trinajstić information content (AvgIpc) is 2.30. The van der Waals surface area contributed by atoms with Crippen molar-refractivity contribution >= 4 is 20.3 Å². The number of esters is 2. The van der Waals surface area contributed by atoms with Crippen LogP contribution in [0.1, 0.15) is 20.3 Å². The summed E-state index contributed by atoms with van der Waals surface area (Å²) in [5, 5.41) is 0. The molecule has 0 aromatic rings. The molecule has 1 atom stereocenters. The van der Waals surface area contributed by atoms with Gasteiger partial charge in [0.25, 0.3) is 0 Å². The molecule has 0 N–H and O–H groups in total. The molecule has 124 valence electrons. The van der Waals surface area contributed by atoms with Crippen LogP contribution in [0.25, 0.3) is 0 Å². The number of alkyl halides is 3. The quantitative estimate of drug-likeness (QED) is 0.408. The molecular formula is C12H21F3O5Si. The van der Waals surface area contributed by atoms with Crippen LogP contribution in [0.15, 0.2) is 0 Å². The molecule has 0 fully saturated rings. The van der Waals surface area contributed by atoms with E-state index in [9.17, 15) is 22.8 Å². The fraction of sp³-hybridized carbons (Fsp3) is 0.833. The lowest BCUT2D eigenvalue weighted by Crippen LogP contribution is -2.64. The fourth-order valence-corrected chi connectivity index (χ4v) is 2.65. The van der Waals surface area contributed by atoms with Gasteiger partial charge in [-0.3, -0.25) is 0 Å². The second-order valence-electron chi connectivity index (χ2n) is 5.25. The highest BCUT2D eigenvalue weighted by molar-refractivity contribution is 6.70. The van der Waals surface area contributed by atoms with E-state index in [2.05, 4.69) is 9.47 Å². The van der Waals surface area contributed by atoms with Crippen molar-refractivity contribution < 1.29 is 36.7 Å². The number of carbonyl (C=O) groups is 2. The molecule has 1 unspecified atom stereocenters. The second kappa shape index (κ2) is 7.26. The molecule has 21 heavy (non-hydrogen) atoms. The van der Waals surface area contributed by atoms with Crippen molar-refractivity contribution in [3.05, 3.63) is 0 Å². The zero-order valence-corrected chi connectivity index (χ0v) is 13.8.